The number of H-pyrrole nitrogens is 3. The van der Waals surface area contributed by atoms with Gasteiger partial charge in [0.05, 0.1) is 22.8 Å². The van der Waals surface area contributed by atoms with Crippen molar-refractivity contribution in [2.75, 3.05) is 0 Å². The minimum atomic E-state index is 0.915. The Morgan fingerprint density at radius 1 is 0.483 bits per heavy atom. The highest BCUT2D eigenvalue weighted by Crippen LogP contribution is 2.17. The number of nitrogens with zero attached hydrogens (tertiary/aromatic N) is 2. The summed E-state index contributed by atoms with van der Waals surface area (Å²) >= 11 is 0. The second-order valence-electron chi connectivity index (χ2n) is 6.79. The van der Waals surface area contributed by atoms with Crippen molar-refractivity contribution in [1.29, 1.82) is 0 Å². The van der Waals surface area contributed by atoms with E-state index in [0.717, 1.165) is 44.8 Å². The zero-order valence-corrected chi connectivity index (χ0v) is 15.6. The number of rotatable bonds is 0. The predicted octanol–water partition coefficient (Wildman–Crippen LogP) is 5.67. The molecule has 4 aromatic rings. The Kier molecular flexibility index (Phi) is 4.39. The van der Waals surface area contributed by atoms with Crippen LogP contribution in [0.15, 0.2) is 73.1 Å². The van der Waals surface area contributed by atoms with Gasteiger partial charge in [-0.25, -0.2) is 9.97 Å². The normalized spacial score (nSPS) is 11.9. The molecule has 5 heteroatoms. The lowest BCUT2D eigenvalue weighted by atomic mass is 10.3. The highest BCUT2D eigenvalue weighted by molar-refractivity contribution is 5.77. The first kappa shape index (κ1) is 17.0. The Balaban J connectivity index is 0.000000319. The Bertz CT molecular complexity index is 1240. The van der Waals surface area contributed by atoms with Crippen molar-refractivity contribution in [1.82, 2.24) is 24.9 Å². The summed E-state index contributed by atoms with van der Waals surface area (Å²) < 4.78 is 0. The molecule has 0 saturated heterocycles. The van der Waals surface area contributed by atoms with E-state index in [-0.39, 0.29) is 0 Å². The number of nitrogens with one attached hydrogen (secondary N) is 3. The summed E-state index contributed by atoms with van der Waals surface area (Å²) in [6.07, 6.45) is 11.8. The molecule has 0 unspecified atom stereocenters. The van der Waals surface area contributed by atoms with Gasteiger partial charge < -0.3 is 15.0 Å². The first-order valence-electron chi connectivity index (χ1n) is 9.42. The SMILES string of the molecule is C1=Cc2cc3ccc(cc4ccc(cc5nc(cc1n2)C=C5)[nH]4)[nH]3.c1cc[nH]c1. The van der Waals surface area contributed by atoms with Crippen LogP contribution in [0, 0.1) is 0 Å². The number of aromatic amines is 3. The molecule has 2 aliphatic heterocycles. The average molecular weight is 377 g/mol. The van der Waals surface area contributed by atoms with E-state index in [0.29, 0.717) is 0 Å². The molecular formula is C24H19N5. The quantitative estimate of drug-likeness (QED) is 0.319. The third-order valence-electron chi connectivity index (χ3n) is 4.54. The molecule has 0 aliphatic carbocycles. The predicted molar refractivity (Wildman–Crippen MR) is 120 cm³/mol. The lowest BCUT2D eigenvalue weighted by Gasteiger charge is -1.86. The van der Waals surface area contributed by atoms with Crippen molar-refractivity contribution in [3.05, 3.63) is 95.8 Å². The highest BCUT2D eigenvalue weighted by atomic mass is 14.8. The van der Waals surface area contributed by atoms with Crippen LogP contribution < -0.4 is 0 Å². The number of aromatic nitrogens is 5. The summed E-state index contributed by atoms with van der Waals surface area (Å²) in [6, 6.07) is 20.3. The third kappa shape index (κ3) is 4.09. The monoisotopic (exact) mass is 377 g/mol. The molecule has 3 N–H and O–H groups in total. The van der Waals surface area contributed by atoms with Gasteiger partial charge in [0.15, 0.2) is 0 Å². The van der Waals surface area contributed by atoms with Crippen LogP contribution in [-0.2, 0) is 0 Å². The molecule has 0 amide bonds. The fourth-order valence-corrected chi connectivity index (χ4v) is 3.22. The van der Waals surface area contributed by atoms with Gasteiger partial charge in [0.2, 0.25) is 0 Å². The van der Waals surface area contributed by atoms with E-state index in [1.807, 2.05) is 67.0 Å². The summed E-state index contributed by atoms with van der Waals surface area (Å²) in [7, 11) is 0. The molecule has 5 nitrogen and oxygen atoms in total. The molecule has 0 saturated carbocycles. The summed E-state index contributed by atoms with van der Waals surface area (Å²) in [5.41, 5.74) is 7.86. The topological polar surface area (TPSA) is 73.2 Å². The summed E-state index contributed by atoms with van der Waals surface area (Å²) in [5.74, 6) is 0. The third-order valence-corrected chi connectivity index (χ3v) is 4.54. The second kappa shape index (κ2) is 7.48. The molecule has 6 heterocycles. The van der Waals surface area contributed by atoms with E-state index < -0.39 is 0 Å². The highest BCUT2D eigenvalue weighted by Gasteiger charge is 2.02. The lowest BCUT2D eigenvalue weighted by molar-refractivity contribution is 1.28. The van der Waals surface area contributed by atoms with Crippen molar-refractivity contribution in [2.45, 2.75) is 0 Å². The summed E-state index contributed by atoms with van der Waals surface area (Å²) in [6.45, 7) is 0. The fourth-order valence-electron chi connectivity index (χ4n) is 3.22. The van der Waals surface area contributed by atoms with Crippen LogP contribution in [0.3, 0.4) is 0 Å². The Morgan fingerprint density at radius 3 is 1.31 bits per heavy atom. The van der Waals surface area contributed by atoms with E-state index in [1.54, 1.807) is 0 Å². The molecule has 0 spiro atoms. The maximum absolute atomic E-state index is 4.62. The summed E-state index contributed by atoms with van der Waals surface area (Å²) in [5, 5.41) is 0. The summed E-state index contributed by atoms with van der Waals surface area (Å²) in [4.78, 5) is 18.9. The minimum Gasteiger partial charge on any atom is -0.368 e. The first-order chi connectivity index (χ1) is 14.3. The largest absolute Gasteiger partial charge is 0.368 e. The van der Waals surface area contributed by atoms with Crippen molar-refractivity contribution < 1.29 is 0 Å². The Hall–Kier alpha value is -4.12. The van der Waals surface area contributed by atoms with Gasteiger partial charge in [0.1, 0.15) is 0 Å². The molecule has 2 aliphatic rings. The van der Waals surface area contributed by atoms with Crippen LogP contribution in [-0.4, -0.2) is 24.9 Å². The molecule has 29 heavy (non-hydrogen) atoms. The van der Waals surface area contributed by atoms with Crippen molar-refractivity contribution in [3.8, 4) is 0 Å². The van der Waals surface area contributed by atoms with Gasteiger partial charge in [0.25, 0.3) is 0 Å². The zero-order chi connectivity index (χ0) is 19.5. The van der Waals surface area contributed by atoms with Gasteiger partial charge >= 0.3 is 0 Å². The maximum atomic E-state index is 4.62. The van der Waals surface area contributed by atoms with Crippen LogP contribution in [0.1, 0.15) is 22.8 Å². The number of hydrogen-bond donors (Lipinski definition) is 3. The number of fused-ring (bicyclic) bond motifs is 8. The second-order valence-corrected chi connectivity index (χ2v) is 6.79. The van der Waals surface area contributed by atoms with E-state index in [9.17, 15) is 0 Å². The fraction of sp³-hybridized carbons (Fsp3) is 0. The Labute approximate surface area is 167 Å². The van der Waals surface area contributed by atoms with Gasteiger partial charge in [-0.15, -0.1) is 0 Å². The van der Waals surface area contributed by atoms with Crippen LogP contribution in [0.4, 0.5) is 0 Å². The van der Waals surface area contributed by atoms with E-state index in [4.69, 9.17) is 0 Å². The van der Waals surface area contributed by atoms with Crippen LogP contribution in [0.25, 0.3) is 46.4 Å². The van der Waals surface area contributed by atoms with Gasteiger partial charge in [-0.3, -0.25) is 0 Å². The van der Waals surface area contributed by atoms with Crippen LogP contribution >= 0.6 is 0 Å². The molecule has 0 aromatic carbocycles. The lowest BCUT2D eigenvalue weighted by Crippen LogP contribution is -1.77. The van der Waals surface area contributed by atoms with Crippen molar-refractivity contribution >= 4 is 46.4 Å². The molecule has 0 radical (unpaired) electrons. The maximum Gasteiger partial charge on any atom is 0.0659 e. The van der Waals surface area contributed by atoms with E-state index >= 15 is 0 Å². The number of hydrogen-bond acceptors (Lipinski definition) is 2. The smallest absolute Gasteiger partial charge is 0.0659 e. The van der Waals surface area contributed by atoms with Crippen LogP contribution in [0.2, 0.25) is 0 Å². The Morgan fingerprint density at radius 2 is 0.897 bits per heavy atom. The minimum absolute atomic E-state index is 0.915. The zero-order valence-electron chi connectivity index (χ0n) is 15.6. The van der Waals surface area contributed by atoms with E-state index in [2.05, 4.69) is 55.3 Å². The van der Waals surface area contributed by atoms with Crippen molar-refractivity contribution in [3.63, 3.8) is 0 Å². The molecule has 140 valence electrons. The first-order valence-corrected chi connectivity index (χ1v) is 9.42. The van der Waals surface area contributed by atoms with Crippen LogP contribution in [0.5, 0.6) is 0 Å². The molecule has 4 aromatic heterocycles. The van der Waals surface area contributed by atoms with Gasteiger partial charge in [-0.2, -0.15) is 0 Å². The van der Waals surface area contributed by atoms with E-state index in [1.165, 1.54) is 0 Å². The van der Waals surface area contributed by atoms with Gasteiger partial charge in [0, 0.05) is 34.5 Å². The standard InChI is InChI=1S/C20H14N4.C4H5N/c1-2-14-10-16-5-6-18(23-16)12-20-8-7-19(24-20)11-17-4-3-15(22-17)9-13(1)21-14;1-2-4-5-3-1/h1-12,21-22H;1-5H. The molecule has 8 bridgehead atoms. The van der Waals surface area contributed by atoms with Gasteiger partial charge in [-0.1, -0.05) is 0 Å². The molecule has 0 atom stereocenters. The van der Waals surface area contributed by atoms with Gasteiger partial charge in [-0.05, 0) is 85.0 Å². The molecule has 6 rings (SSSR count). The molecular weight excluding hydrogens is 358 g/mol. The average Bonchev–Trinajstić information content (AvgIpc) is 3.50. The molecule has 0 fully saturated rings. The van der Waals surface area contributed by atoms with Crippen molar-refractivity contribution in [2.24, 2.45) is 0 Å².